The number of nitrogens with zero attached hydrogens (tertiary/aromatic N) is 2. The minimum absolute atomic E-state index is 0.170. The average molecular weight is 542 g/mol. The molecule has 188 valence electrons. The van der Waals surface area contributed by atoms with Crippen LogP contribution in [0.1, 0.15) is 29.0 Å². The summed E-state index contributed by atoms with van der Waals surface area (Å²) in [5, 5.41) is 16.1. The number of aromatic nitrogens is 1. The number of thiazole rings is 1. The van der Waals surface area contributed by atoms with Crippen LogP contribution in [0.4, 0.5) is 0 Å². The molecule has 1 atom stereocenters. The molecule has 36 heavy (non-hydrogen) atoms. The molecule has 0 saturated carbocycles. The fourth-order valence-corrected chi connectivity index (χ4v) is 8.21. The van der Waals surface area contributed by atoms with Gasteiger partial charge in [-0.15, -0.1) is 22.7 Å². The summed E-state index contributed by atoms with van der Waals surface area (Å²) in [7, 11) is 0. The molecule has 0 radical (unpaired) electrons. The first-order chi connectivity index (χ1) is 17.6. The molecular weight excluding hydrogens is 513 g/mol. The number of hydrogen-bond donors (Lipinski definition) is 1. The molecule has 3 aliphatic rings. The lowest BCUT2D eigenvalue weighted by Gasteiger charge is -2.52. The standard InChI is InChI=1S/C27H29N2O4S3/c30-25(27(31,23-8-3-16-34-23)24-9-4-17-35-24)33-21-18-29(13-10-19(21)11-14-29)12-5-15-32-26-28-20-6-1-2-7-22(20)36-26/h1-4,6-9,16-17,19,21,31H,5,10-15,18H2/q+1. The van der Waals surface area contributed by atoms with Gasteiger partial charge in [0.05, 0.1) is 46.2 Å². The number of fused-ring (bicyclic) bond motifs is 4. The Labute approximate surface area is 222 Å². The van der Waals surface area contributed by atoms with Crippen LogP contribution in [-0.2, 0) is 15.1 Å². The highest BCUT2D eigenvalue weighted by Crippen LogP contribution is 2.40. The predicted octanol–water partition coefficient (Wildman–Crippen LogP) is 5.28. The van der Waals surface area contributed by atoms with Gasteiger partial charge in [0.25, 0.3) is 5.19 Å². The molecule has 0 aliphatic carbocycles. The van der Waals surface area contributed by atoms with Gasteiger partial charge < -0.3 is 19.1 Å². The molecule has 4 aromatic rings. The molecule has 0 spiro atoms. The van der Waals surface area contributed by atoms with Crippen molar-refractivity contribution in [2.75, 3.05) is 32.8 Å². The van der Waals surface area contributed by atoms with Crippen LogP contribution in [0.5, 0.6) is 5.19 Å². The third-order valence-electron chi connectivity index (χ3n) is 7.63. The number of piperidine rings is 3. The van der Waals surface area contributed by atoms with Crippen molar-refractivity contribution in [1.29, 1.82) is 0 Å². The van der Waals surface area contributed by atoms with Gasteiger partial charge in [-0.05, 0) is 35.0 Å². The van der Waals surface area contributed by atoms with Gasteiger partial charge in [0, 0.05) is 25.2 Å². The fraction of sp³-hybridized carbons (Fsp3) is 0.407. The summed E-state index contributed by atoms with van der Waals surface area (Å²) in [6.07, 6.45) is 2.85. The number of ether oxygens (including phenoxy) is 2. The first-order valence-corrected chi connectivity index (χ1v) is 15.0. The zero-order chi connectivity index (χ0) is 24.6. The van der Waals surface area contributed by atoms with E-state index in [-0.39, 0.29) is 6.10 Å². The molecule has 1 aromatic carbocycles. The van der Waals surface area contributed by atoms with Crippen molar-refractivity contribution in [2.24, 2.45) is 5.92 Å². The number of hydrogen-bond acceptors (Lipinski definition) is 8. The molecule has 3 saturated heterocycles. The van der Waals surface area contributed by atoms with E-state index in [2.05, 4.69) is 11.1 Å². The molecule has 3 fully saturated rings. The highest BCUT2D eigenvalue weighted by atomic mass is 32.1. The largest absolute Gasteiger partial charge is 0.470 e. The van der Waals surface area contributed by atoms with Gasteiger partial charge in [0.15, 0.2) is 6.10 Å². The van der Waals surface area contributed by atoms with Crippen molar-refractivity contribution in [2.45, 2.75) is 31.0 Å². The second-order valence-electron chi connectivity index (χ2n) is 9.79. The number of benzene rings is 1. The molecular formula is C27H29N2O4S3+. The zero-order valence-electron chi connectivity index (χ0n) is 19.9. The summed E-state index contributed by atoms with van der Waals surface area (Å²) in [6, 6.07) is 15.4. The van der Waals surface area contributed by atoms with Crippen LogP contribution < -0.4 is 4.74 Å². The van der Waals surface area contributed by atoms with Crippen LogP contribution >= 0.6 is 34.0 Å². The zero-order valence-corrected chi connectivity index (χ0v) is 22.3. The monoisotopic (exact) mass is 541 g/mol. The topological polar surface area (TPSA) is 68.7 Å². The van der Waals surface area contributed by atoms with Crippen molar-refractivity contribution in [3.8, 4) is 5.19 Å². The summed E-state index contributed by atoms with van der Waals surface area (Å²) in [6.45, 7) is 4.65. The van der Waals surface area contributed by atoms with Crippen molar-refractivity contribution in [3.63, 3.8) is 0 Å². The Balaban J connectivity index is 1.09. The van der Waals surface area contributed by atoms with Crippen molar-refractivity contribution < 1.29 is 23.9 Å². The maximum atomic E-state index is 13.5. The van der Waals surface area contributed by atoms with Crippen LogP contribution in [0.25, 0.3) is 10.2 Å². The Morgan fingerprint density at radius 1 is 1.06 bits per heavy atom. The molecule has 1 unspecified atom stereocenters. The Morgan fingerprint density at radius 2 is 1.78 bits per heavy atom. The highest BCUT2D eigenvalue weighted by Gasteiger charge is 2.51. The molecule has 2 bridgehead atoms. The number of esters is 1. The van der Waals surface area contributed by atoms with Gasteiger partial charge in [-0.25, -0.2) is 9.78 Å². The first kappa shape index (κ1) is 24.1. The third-order valence-corrected chi connectivity index (χ3v) is 10.5. The van der Waals surface area contributed by atoms with E-state index in [1.807, 2.05) is 53.2 Å². The van der Waals surface area contributed by atoms with Gasteiger partial charge in [0.1, 0.15) is 6.54 Å². The van der Waals surface area contributed by atoms with Crippen molar-refractivity contribution in [3.05, 3.63) is 69.0 Å². The minimum atomic E-state index is -1.75. The fourth-order valence-electron chi connectivity index (χ4n) is 5.66. The average Bonchev–Trinajstić information content (AvgIpc) is 3.68. The van der Waals surface area contributed by atoms with Crippen LogP contribution in [0, 0.1) is 5.92 Å². The van der Waals surface area contributed by atoms with Crippen LogP contribution in [-0.4, -0.2) is 59.4 Å². The quantitative estimate of drug-likeness (QED) is 0.178. The van der Waals surface area contributed by atoms with Crippen LogP contribution in [0.2, 0.25) is 0 Å². The van der Waals surface area contributed by atoms with E-state index in [0.717, 1.165) is 65.3 Å². The minimum Gasteiger partial charge on any atom is -0.470 e. The van der Waals surface area contributed by atoms with Gasteiger partial charge >= 0.3 is 5.97 Å². The summed E-state index contributed by atoms with van der Waals surface area (Å²) < 4.78 is 14.2. The normalized spacial score (nSPS) is 23.7. The Kier molecular flexibility index (Phi) is 6.60. The van der Waals surface area contributed by atoms with E-state index in [1.165, 1.54) is 22.7 Å². The number of carbonyl (C=O) groups is 1. The Bertz CT molecular complexity index is 1240. The summed E-state index contributed by atoms with van der Waals surface area (Å²) in [4.78, 5) is 19.3. The lowest BCUT2D eigenvalue weighted by molar-refractivity contribution is -0.946. The molecule has 6 nitrogen and oxygen atoms in total. The van der Waals surface area contributed by atoms with E-state index in [9.17, 15) is 9.90 Å². The van der Waals surface area contributed by atoms with Crippen molar-refractivity contribution >= 4 is 50.2 Å². The Morgan fingerprint density at radius 3 is 2.44 bits per heavy atom. The Hall–Kier alpha value is -2.30. The lowest BCUT2D eigenvalue weighted by Crippen LogP contribution is -2.65. The molecule has 3 aliphatic heterocycles. The predicted molar refractivity (Wildman–Crippen MR) is 144 cm³/mol. The number of aliphatic hydroxyl groups is 1. The number of carbonyl (C=O) groups excluding carboxylic acids is 1. The lowest BCUT2D eigenvalue weighted by atomic mass is 9.83. The molecule has 7 rings (SSSR count). The third kappa shape index (κ3) is 4.48. The van der Waals surface area contributed by atoms with Crippen LogP contribution in [0.3, 0.4) is 0 Å². The van der Waals surface area contributed by atoms with Gasteiger partial charge in [-0.3, -0.25) is 0 Å². The highest BCUT2D eigenvalue weighted by molar-refractivity contribution is 7.20. The maximum absolute atomic E-state index is 13.5. The second kappa shape index (κ2) is 9.87. The maximum Gasteiger partial charge on any atom is 0.349 e. The number of quaternary nitrogens is 1. The summed E-state index contributed by atoms with van der Waals surface area (Å²) in [5.74, 6) is -0.188. The van der Waals surface area contributed by atoms with E-state index in [4.69, 9.17) is 9.47 Å². The summed E-state index contributed by atoms with van der Waals surface area (Å²) >= 11 is 4.34. The smallest absolute Gasteiger partial charge is 0.349 e. The number of rotatable bonds is 9. The second-order valence-corrected chi connectivity index (χ2v) is 12.7. The summed E-state index contributed by atoms with van der Waals surface area (Å²) in [5.41, 5.74) is -0.767. The number of thiophene rings is 2. The molecule has 0 amide bonds. The van der Waals surface area contributed by atoms with Crippen molar-refractivity contribution in [1.82, 2.24) is 4.98 Å². The molecule has 1 N–H and O–H groups in total. The molecule has 3 aromatic heterocycles. The van der Waals surface area contributed by atoms with Gasteiger partial charge in [-0.2, -0.15) is 0 Å². The molecule has 9 heteroatoms. The van der Waals surface area contributed by atoms with E-state index in [0.29, 0.717) is 22.3 Å². The van der Waals surface area contributed by atoms with Crippen LogP contribution in [0.15, 0.2) is 59.3 Å². The van der Waals surface area contributed by atoms with E-state index >= 15 is 0 Å². The van der Waals surface area contributed by atoms with Gasteiger partial charge in [-0.1, -0.05) is 35.6 Å². The number of para-hydroxylation sites is 1. The van der Waals surface area contributed by atoms with Gasteiger partial charge in [0.2, 0.25) is 5.60 Å². The first-order valence-electron chi connectivity index (χ1n) is 12.4. The SMILES string of the molecule is O=C(OC1C[N+]2(CCCOc3nc4ccccc4s3)CCC1CC2)C(O)(c1cccs1)c1cccs1. The van der Waals surface area contributed by atoms with E-state index in [1.54, 1.807) is 11.3 Å². The molecule has 6 heterocycles. The van der Waals surface area contributed by atoms with E-state index < -0.39 is 11.6 Å².